The highest BCUT2D eigenvalue weighted by Crippen LogP contribution is 2.33. The molecule has 0 unspecified atom stereocenters. The number of hydrogen-bond acceptors (Lipinski definition) is 4. The van der Waals surface area contributed by atoms with E-state index in [-0.39, 0.29) is 4.90 Å². The van der Waals surface area contributed by atoms with Gasteiger partial charge in [0.15, 0.2) is 0 Å². The van der Waals surface area contributed by atoms with Gasteiger partial charge in [0.25, 0.3) is 0 Å². The van der Waals surface area contributed by atoms with Crippen molar-refractivity contribution in [2.24, 2.45) is 0 Å². The van der Waals surface area contributed by atoms with Gasteiger partial charge in [0, 0.05) is 12.7 Å². The van der Waals surface area contributed by atoms with Crippen LogP contribution in [0.3, 0.4) is 0 Å². The molecule has 2 aromatic rings. The first-order valence-electron chi connectivity index (χ1n) is 6.12. The second kappa shape index (κ2) is 5.88. The molecular formula is C14H12F3NO3S. The highest BCUT2D eigenvalue weighted by molar-refractivity contribution is 7.91. The van der Waals surface area contributed by atoms with Crippen LogP contribution in [0.2, 0.25) is 0 Å². The Bertz CT molecular complexity index is 756. The lowest BCUT2D eigenvalue weighted by molar-refractivity contribution is -0.275. The maximum atomic E-state index is 12.5. The summed E-state index contributed by atoms with van der Waals surface area (Å²) in [5, 5.41) is 2.82. The summed E-state index contributed by atoms with van der Waals surface area (Å²) < 4.78 is 65.9. The molecule has 118 valence electrons. The molecule has 2 rings (SSSR count). The first kappa shape index (κ1) is 16.2. The molecule has 0 fully saturated rings. The number of alkyl halides is 3. The fourth-order valence-electron chi connectivity index (χ4n) is 1.81. The molecule has 0 aromatic heterocycles. The minimum Gasteiger partial charge on any atom is -0.404 e. The third-order valence-electron chi connectivity index (χ3n) is 2.82. The largest absolute Gasteiger partial charge is 0.573 e. The summed E-state index contributed by atoms with van der Waals surface area (Å²) in [7, 11) is -2.46. The predicted octanol–water partition coefficient (Wildman–Crippen LogP) is 3.46. The van der Waals surface area contributed by atoms with Crippen molar-refractivity contribution in [3.8, 4) is 5.75 Å². The highest BCUT2D eigenvalue weighted by Gasteiger charge is 2.34. The van der Waals surface area contributed by atoms with Gasteiger partial charge in [-0.2, -0.15) is 0 Å². The quantitative estimate of drug-likeness (QED) is 0.932. The Hall–Kier alpha value is -2.22. The van der Waals surface area contributed by atoms with E-state index in [1.54, 1.807) is 7.05 Å². The molecular weight excluding hydrogens is 319 g/mol. The lowest BCUT2D eigenvalue weighted by Gasteiger charge is -2.13. The van der Waals surface area contributed by atoms with Crippen LogP contribution < -0.4 is 10.1 Å². The number of benzene rings is 2. The van der Waals surface area contributed by atoms with Crippen molar-refractivity contribution in [1.82, 2.24) is 0 Å². The summed E-state index contributed by atoms with van der Waals surface area (Å²) in [4.78, 5) is -0.658. The van der Waals surface area contributed by atoms with E-state index in [0.717, 1.165) is 12.1 Å². The minimum atomic E-state index is -4.97. The summed E-state index contributed by atoms with van der Waals surface area (Å²) in [6.45, 7) is 0. The molecule has 0 aliphatic heterocycles. The third-order valence-corrected chi connectivity index (χ3v) is 4.63. The molecule has 0 aliphatic rings. The highest BCUT2D eigenvalue weighted by atomic mass is 32.2. The van der Waals surface area contributed by atoms with Gasteiger partial charge in [0.05, 0.1) is 4.90 Å². The van der Waals surface area contributed by atoms with Crippen molar-refractivity contribution in [3.05, 3.63) is 48.5 Å². The smallest absolute Gasteiger partial charge is 0.404 e. The minimum absolute atomic E-state index is 0.121. The molecule has 22 heavy (non-hydrogen) atoms. The van der Waals surface area contributed by atoms with Crippen molar-refractivity contribution in [2.75, 3.05) is 12.4 Å². The van der Waals surface area contributed by atoms with Crippen LogP contribution in [0.4, 0.5) is 18.9 Å². The predicted molar refractivity (Wildman–Crippen MR) is 74.6 cm³/mol. The average Bonchev–Trinajstić information content (AvgIpc) is 2.46. The number of halogens is 3. The van der Waals surface area contributed by atoms with E-state index in [4.69, 9.17) is 0 Å². The summed E-state index contributed by atoms with van der Waals surface area (Å²) in [5.74, 6) is -0.757. The van der Waals surface area contributed by atoms with Gasteiger partial charge >= 0.3 is 6.36 Å². The van der Waals surface area contributed by atoms with Crippen LogP contribution in [-0.4, -0.2) is 21.8 Å². The number of nitrogens with one attached hydrogen (secondary N) is 1. The molecule has 0 heterocycles. The second-order valence-corrected chi connectivity index (χ2v) is 6.19. The summed E-state index contributed by atoms with van der Waals surface area (Å²) in [5.41, 5.74) is 0.679. The maximum Gasteiger partial charge on any atom is 0.573 e. The fourth-order valence-corrected chi connectivity index (χ4v) is 3.19. The zero-order valence-electron chi connectivity index (χ0n) is 11.4. The summed E-state index contributed by atoms with van der Waals surface area (Å²) in [6, 6.07) is 10.3. The fraction of sp³-hybridized carbons (Fsp3) is 0.143. The Morgan fingerprint density at radius 3 is 2.14 bits per heavy atom. The Balaban J connectivity index is 2.49. The van der Waals surface area contributed by atoms with E-state index >= 15 is 0 Å². The Labute approximate surface area is 125 Å². The number of anilines is 1. The lowest BCUT2D eigenvalue weighted by Crippen LogP contribution is -2.19. The van der Waals surface area contributed by atoms with Crippen molar-refractivity contribution in [2.45, 2.75) is 16.2 Å². The van der Waals surface area contributed by atoms with Gasteiger partial charge in [0.1, 0.15) is 10.6 Å². The van der Waals surface area contributed by atoms with Crippen LogP contribution in [0, 0.1) is 0 Å². The average molecular weight is 331 g/mol. The number of para-hydroxylation sites is 1. The van der Waals surface area contributed by atoms with Gasteiger partial charge in [-0.15, -0.1) is 13.2 Å². The van der Waals surface area contributed by atoms with Crippen molar-refractivity contribution in [3.63, 3.8) is 0 Å². The molecule has 2 aromatic carbocycles. The molecule has 0 radical (unpaired) electrons. The Morgan fingerprint density at radius 1 is 1.00 bits per heavy atom. The normalized spacial score (nSPS) is 12.0. The number of hydrogen-bond donors (Lipinski definition) is 1. The SMILES string of the molecule is CNc1ccc(S(=O)(=O)c2ccccc2OC(F)(F)F)cc1. The van der Waals surface area contributed by atoms with Gasteiger partial charge in [-0.3, -0.25) is 0 Å². The van der Waals surface area contributed by atoms with Gasteiger partial charge in [-0.1, -0.05) is 12.1 Å². The van der Waals surface area contributed by atoms with Gasteiger partial charge in [-0.05, 0) is 36.4 Å². The molecule has 0 saturated heterocycles. The Kier molecular flexibility index (Phi) is 4.32. The molecule has 0 spiro atoms. The van der Waals surface area contributed by atoms with Gasteiger partial charge < -0.3 is 10.1 Å². The third kappa shape index (κ3) is 3.51. The van der Waals surface area contributed by atoms with Crippen LogP contribution >= 0.6 is 0 Å². The first-order valence-corrected chi connectivity index (χ1v) is 7.60. The van der Waals surface area contributed by atoms with E-state index in [2.05, 4.69) is 10.1 Å². The van der Waals surface area contributed by atoms with E-state index in [1.807, 2.05) is 0 Å². The topological polar surface area (TPSA) is 55.4 Å². The van der Waals surface area contributed by atoms with E-state index in [0.29, 0.717) is 5.69 Å². The van der Waals surface area contributed by atoms with Crippen molar-refractivity contribution >= 4 is 15.5 Å². The summed E-state index contributed by atoms with van der Waals surface area (Å²) >= 11 is 0. The number of sulfone groups is 1. The zero-order chi connectivity index (χ0) is 16.4. The van der Waals surface area contributed by atoms with Crippen LogP contribution in [0.1, 0.15) is 0 Å². The number of ether oxygens (including phenoxy) is 1. The molecule has 0 saturated carbocycles. The summed E-state index contributed by atoms with van der Waals surface area (Å²) in [6.07, 6.45) is -4.97. The molecule has 0 aliphatic carbocycles. The standard InChI is InChI=1S/C14H12F3NO3S/c1-18-10-6-8-11(9-7-10)22(19,20)13-5-3-2-4-12(13)21-14(15,16)17/h2-9,18H,1H3. The molecule has 1 N–H and O–H groups in total. The van der Waals surface area contributed by atoms with Crippen LogP contribution in [0.5, 0.6) is 5.75 Å². The molecule has 8 heteroatoms. The lowest BCUT2D eigenvalue weighted by atomic mass is 10.3. The molecule has 4 nitrogen and oxygen atoms in total. The van der Waals surface area contributed by atoms with Gasteiger partial charge in [-0.25, -0.2) is 8.42 Å². The molecule has 0 atom stereocenters. The Morgan fingerprint density at radius 2 is 1.59 bits per heavy atom. The maximum absolute atomic E-state index is 12.5. The van der Waals surface area contributed by atoms with E-state index < -0.39 is 26.8 Å². The van der Waals surface area contributed by atoms with Crippen LogP contribution in [0.25, 0.3) is 0 Å². The zero-order valence-corrected chi connectivity index (χ0v) is 12.2. The van der Waals surface area contributed by atoms with Crippen LogP contribution in [0.15, 0.2) is 58.3 Å². The number of rotatable bonds is 4. The first-order chi connectivity index (χ1) is 10.2. The van der Waals surface area contributed by atoms with Crippen LogP contribution in [-0.2, 0) is 9.84 Å². The van der Waals surface area contributed by atoms with Crippen molar-refractivity contribution in [1.29, 1.82) is 0 Å². The van der Waals surface area contributed by atoms with Gasteiger partial charge in [0.2, 0.25) is 9.84 Å². The van der Waals surface area contributed by atoms with E-state index in [1.165, 1.54) is 36.4 Å². The molecule has 0 amide bonds. The van der Waals surface area contributed by atoms with Crippen molar-refractivity contribution < 1.29 is 26.3 Å². The monoisotopic (exact) mass is 331 g/mol. The molecule has 0 bridgehead atoms. The van der Waals surface area contributed by atoms with E-state index in [9.17, 15) is 21.6 Å². The second-order valence-electron chi connectivity index (χ2n) is 4.27.